The highest BCUT2D eigenvalue weighted by Crippen LogP contribution is 2.26. The van der Waals surface area contributed by atoms with Crippen molar-refractivity contribution in [2.45, 2.75) is 46.1 Å². The first-order chi connectivity index (χ1) is 12.5. The number of carbonyl (C=O) groups is 2. The highest BCUT2D eigenvalue weighted by molar-refractivity contribution is 6.33. The van der Waals surface area contributed by atoms with E-state index in [2.05, 4.69) is 17.3 Å². The molecule has 2 heterocycles. The average molecular weight is 375 g/mol. The van der Waals surface area contributed by atoms with Gasteiger partial charge in [-0.2, -0.15) is 5.10 Å². The lowest BCUT2D eigenvalue weighted by Crippen LogP contribution is -2.23. The minimum atomic E-state index is -0.292. The van der Waals surface area contributed by atoms with E-state index in [1.165, 1.54) is 0 Å². The zero-order valence-electron chi connectivity index (χ0n) is 15.1. The van der Waals surface area contributed by atoms with Gasteiger partial charge in [0.1, 0.15) is 5.15 Å². The van der Waals surface area contributed by atoms with E-state index in [9.17, 15) is 9.59 Å². The molecule has 138 valence electrons. The van der Waals surface area contributed by atoms with E-state index in [1.54, 1.807) is 22.6 Å². The van der Waals surface area contributed by atoms with Crippen LogP contribution in [0.1, 0.15) is 48.7 Å². The van der Waals surface area contributed by atoms with Crippen molar-refractivity contribution in [3.05, 3.63) is 40.7 Å². The summed E-state index contributed by atoms with van der Waals surface area (Å²) >= 11 is 6.37. The van der Waals surface area contributed by atoms with Gasteiger partial charge in [0.2, 0.25) is 5.91 Å². The van der Waals surface area contributed by atoms with Gasteiger partial charge in [-0.25, -0.2) is 0 Å². The second-order valence-corrected chi connectivity index (χ2v) is 6.84. The number of anilines is 2. The van der Waals surface area contributed by atoms with Gasteiger partial charge in [0.15, 0.2) is 0 Å². The Hall–Kier alpha value is -2.34. The van der Waals surface area contributed by atoms with E-state index in [1.807, 2.05) is 18.2 Å². The van der Waals surface area contributed by atoms with Gasteiger partial charge in [-0.3, -0.25) is 14.3 Å². The van der Waals surface area contributed by atoms with Gasteiger partial charge in [-0.15, -0.1) is 0 Å². The predicted octanol–water partition coefficient (Wildman–Crippen LogP) is 4.02. The molecule has 6 nitrogen and oxygen atoms in total. The zero-order valence-corrected chi connectivity index (χ0v) is 15.8. The molecule has 3 rings (SSSR count). The van der Waals surface area contributed by atoms with Crippen molar-refractivity contribution >= 4 is 34.8 Å². The van der Waals surface area contributed by atoms with E-state index in [4.69, 9.17) is 11.6 Å². The Morgan fingerprint density at radius 3 is 2.88 bits per heavy atom. The fraction of sp³-hybridized carbons (Fsp3) is 0.421. The fourth-order valence-electron chi connectivity index (χ4n) is 3.13. The van der Waals surface area contributed by atoms with Crippen molar-refractivity contribution < 1.29 is 9.59 Å². The van der Waals surface area contributed by atoms with Gasteiger partial charge in [0, 0.05) is 30.9 Å². The standard InChI is InChI=1S/C19H23ClN4O2/c1-3-4-11-24-18(20)17(13(2)22-24)19(26)21-14-7-5-8-15(12-14)23-10-6-9-16(23)25/h5,7-8,12H,3-4,6,9-11H2,1-2H3,(H,21,26). The largest absolute Gasteiger partial charge is 0.322 e. The summed E-state index contributed by atoms with van der Waals surface area (Å²) in [6.07, 6.45) is 3.41. The SMILES string of the molecule is CCCCn1nc(C)c(C(=O)Nc2cccc(N3CCCC3=O)c2)c1Cl. The number of benzene rings is 1. The molecule has 1 aromatic heterocycles. The molecule has 1 fully saturated rings. The highest BCUT2D eigenvalue weighted by atomic mass is 35.5. The first-order valence-electron chi connectivity index (χ1n) is 8.96. The van der Waals surface area contributed by atoms with Crippen molar-refractivity contribution in [3.8, 4) is 0 Å². The summed E-state index contributed by atoms with van der Waals surface area (Å²) in [5.41, 5.74) is 2.43. The Bertz CT molecular complexity index is 831. The van der Waals surface area contributed by atoms with Gasteiger partial charge < -0.3 is 10.2 Å². The molecule has 0 saturated carbocycles. The van der Waals surface area contributed by atoms with Crippen LogP contribution in [-0.4, -0.2) is 28.1 Å². The Labute approximate surface area is 158 Å². The van der Waals surface area contributed by atoms with Crippen LogP contribution in [-0.2, 0) is 11.3 Å². The molecule has 2 aromatic rings. The first-order valence-corrected chi connectivity index (χ1v) is 9.33. The van der Waals surface area contributed by atoms with E-state index in [0.717, 1.165) is 24.9 Å². The third kappa shape index (κ3) is 3.75. The number of nitrogens with zero attached hydrogens (tertiary/aromatic N) is 3. The van der Waals surface area contributed by atoms with Crippen LogP contribution in [0.15, 0.2) is 24.3 Å². The summed E-state index contributed by atoms with van der Waals surface area (Å²) in [5.74, 6) is -0.176. The number of unbranched alkanes of at least 4 members (excludes halogenated alkanes) is 1. The number of rotatable bonds is 6. The van der Waals surface area contributed by atoms with Crippen molar-refractivity contribution in [1.29, 1.82) is 0 Å². The molecule has 1 aliphatic heterocycles. The molecule has 0 radical (unpaired) electrons. The molecule has 26 heavy (non-hydrogen) atoms. The summed E-state index contributed by atoms with van der Waals surface area (Å²) in [4.78, 5) is 26.4. The second kappa shape index (κ2) is 7.91. The zero-order chi connectivity index (χ0) is 18.7. The molecule has 1 N–H and O–H groups in total. The lowest BCUT2D eigenvalue weighted by atomic mass is 10.2. The van der Waals surface area contributed by atoms with E-state index in [-0.39, 0.29) is 11.8 Å². The Kier molecular flexibility index (Phi) is 5.61. The van der Waals surface area contributed by atoms with E-state index < -0.39 is 0 Å². The normalized spacial score (nSPS) is 14.1. The van der Waals surface area contributed by atoms with Gasteiger partial charge >= 0.3 is 0 Å². The van der Waals surface area contributed by atoms with Gasteiger partial charge in [-0.05, 0) is 38.0 Å². The number of amides is 2. The van der Waals surface area contributed by atoms with Gasteiger partial charge in [0.05, 0.1) is 11.3 Å². The molecule has 0 atom stereocenters. The molecule has 0 aliphatic carbocycles. The van der Waals surface area contributed by atoms with Crippen LogP contribution in [0.5, 0.6) is 0 Å². The van der Waals surface area contributed by atoms with E-state index >= 15 is 0 Å². The number of aromatic nitrogens is 2. The molecule has 0 bridgehead atoms. The Balaban J connectivity index is 1.78. The van der Waals surface area contributed by atoms with Gasteiger partial charge in [0.25, 0.3) is 5.91 Å². The van der Waals surface area contributed by atoms with Crippen molar-refractivity contribution in [2.75, 3.05) is 16.8 Å². The first kappa shape index (κ1) is 18.5. The van der Waals surface area contributed by atoms with Crippen molar-refractivity contribution in [1.82, 2.24) is 9.78 Å². The molecule has 1 aromatic carbocycles. The Morgan fingerprint density at radius 2 is 2.19 bits per heavy atom. The maximum atomic E-state index is 12.7. The van der Waals surface area contributed by atoms with Crippen LogP contribution in [0.2, 0.25) is 5.15 Å². The maximum absolute atomic E-state index is 12.7. The molecular formula is C19H23ClN4O2. The lowest BCUT2D eigenvalue weighted by molar-refractivity contribution is -0.117. The molecule has 0 unspecified atom stereocenters. The lowest BCUT2D eigenvalue weighted by Gasteiger charge is -2.16. The maximum Gasteiger partial charge on any atom is 0.260 e. The summed E-state index contributed by atoms with van der Waals surface area (Å²) in [7, 11) is 0. The number of hydrogen-bond acceptors (Lipinski definition) is 3. The monoisotopic (exact) mass is 374 g/mol. The molecule has 0 spiro atoms. The molecule has 7 heteroatoms. The van der Waals surface area contributed by atoms with Crippen molar-refractivity contribution in [2.24, 2.45) is 0 Å². The van der Waals surface area contributed by atoms with Crippen LogP contribution in [0.4, 0.5) is 11.4 Å². The third-order valence-electron chi connectivity index (χ3n) is 4.51. The van der Waals surface area contributed by atoms with Crippen LogP contribution < -0.4 is 10.2 Å². The Morgan fingerprint density at radius 1 is 1.38 bits per heavy atom. The molecule has 2 amide bonds. The van der Waals surface area contributed by atoms with Crippen LogP contribution >= 0.6 is 11.6 Å². The van der Waals surface area contributed by atoms with Gasteiger partial charge in [-0.1, -0.05) is 31.0 Å². The topological polar surface area (TPSA) is 67.2 Å². The molecule has 1 saturated heterocycles. The average Bonchev–Trinajstić information content (AvgIpc) is 3.16. The number of hydrogen-bond donors (Lipinski definition) is 1. The number of carbonyl (C=O) groups excluding carboxylic acids is 2. The highest BCUT2D eigenvalue weighted by Gasteiger charge is 2.23. The summed E-state index contributed by atoms with van der Waals surface area (Å²) in [6.45, 7) is 5.28. The quantitative estimate of drug-likeness (QED) is 0.830. The van der Waals surface area contributed by atoms with Crippen LogP contribution in [0.25, 0.3) is 0 Å². The summed E-state index contributed by atoms with van der Waals surface area (Å²) in [5, 5.41) is 7.61. The second-order valence-electron chi connectivity index (χ2n) is 6.48. The number of aryl methyl sites for hydroxylation is 2. The summed E-state index contributed by atoms with van der Waals surface area (Å²) in [6, 6.07) is 7.31. The smallest absolute Gasteiger partial charge is 0.260 e. The van der Waals surface area contributed by atoms with Crippen LogP contribution in [0, 0.1) is 6.92 Å². The predicted molar refractivity (Wildman–Crippen MR) is 103 cm³/mol. The number of nitrogens with one attached hydrogen (secondary N) is 1. The summed E-state index contributed by atoms with van der Waals surface area (Å²) < 4.78 is 1.68. The third-order valence-corrected chi connectivity index (χ3v) is 4.89. The fourth-order valence-corrected chi connectivity index (χ4v) is 3.48. The van der Waals surface area contributed by atoms with E-state index in [0.29, 0.717) is 41.6 Å². The molecular weight excluding hydrogens is 352 g/mol. The van der Waals surface area contributed by atoms with Crippen LogP contribution in [0.3, 0.4) is 0 Å². The van der Waals surface area contributed by atoms with Crippen molar-refractivity contribution in [3.63, 3.8) is 0 Å². The minimum Gasteiger partial charge on any atom is -0.322 e. The molecule has 1 aliphatic rings. The number of halogens is 1. The minimum absolute atomic E-state index is 0.115.